The number of aromatic nitrogens is 2. The summed E-state index contributed by atoms with van der Waals surface area (Å²) < 4.78 is 2.01. The van der Waals surface area contributed by atoms with E-state index in [0.717, 1.165) is 43.0 Å². The standard InChI is InChI=1S/C26H26N4OS2/c1-17-10-8-9-13-21(17)27-25-30(26(3,4)16-32-25)23(31)22-14-20-18(2)28-29(24(20)33-22)15-19-11-6-5-7-12-19/h5-14H,15-16H2,1-4H3. The Morgan fingerprint density at radius 2 is 1.82 bits per heavy atom. The highest BCUT2D eigenvalue weighted by atomic mass is 32.2. The van der Waals surface area contributed by atoms with E-state index in [4.69, 9.17) is 10.1 Å². The third-order valence-corrected chi connectivity index (χ3v) is 8.40. The van der Waals surface area contributed by atoms with E-state index in [1.54, 1.807) is 11.8 Å². The predicted molar refractivity (Wildman–Crippen MR) is 139 cm³/mol. The molecule has 0 atom stereocenters. The second-order valence-electron chi connectivity index (χ2n) is 8.98. The summed E-state index contributed by atoms with van der Waals surface area (Å²) in [6.45, 7) is 8.95. The zero-order valence-electron chi connectivity index (χ0n) is 19.2. The Hall–Kier alpha value is -2.90. The molecule has 2 aromatic heterocycles. The van der Waals surface area contributed by atoms with E-state index in [1.165, 1.54) is 16.9 Å². The number of thioether (sulfide) groups is 1. The lowest BCUT2D eigenvalue weighted by molar-refractivity contribution is 0.0772. The first kappa shape index (κ1) is 21.9. The molecule has 168 valence electrons. The van der Waals surface area contributed by atoms with Crippen LogP contribution in [0.5, 0.6) is 0 Å². The summed E-state index contributed by atoms with van der Waals surface area (Å²) in [5, 5.41) is 6.53. The molecule has 0 spiro atoms. The first-order valence-electron chi connectivity index (χ1n) is 11.0. The van der Waals surface area contributed by atoms with Gasteiger partial charge in [0.25, 0.3) is 5.91 Å². The summed E-state index contributed by atoms with van der Waals surface area (Å²) in [6, 6.07) is 20.3. The number of amides is 1. The highest BCUT2D eigenvalue weighted by Crippen LogP contribution is 2.38. The molecule has 0 unspecified atom stereocenters. The first-order valence-corrected chi connectivity index (χ1v) is 12.8. The first-order chi connectivity index (χ1) is 15.8. The fourth-order valence-corrected chi connectivity index (χ4v) is 6.38. The highest BCUT2D eigenvalue weighted by molar-refractivity contribution is 8.14. The Kier molecular flexibility index (Phi) is 5.62. The molecular formula is C26H26N4OS2. The van der Waals surface area contributed by atoms with Gasteiger partial charge in [-0.25, -0.2) is 4.99 Å². The van der Waals surface area contributed by atoms with E-state index in [0.29, 0.717) is 6.54 Å². The van der Waals surface area contributed by atoms with Crippen molar-refractivity contribution in [2.24, 2.45) is 4.99 Å². The summed E-state index contributed by atoms with van der Waals surface area (Å²) in [5.41, 5.74) is 3.82. The zero-order chi connectivity index (χ0) is 23.2. The fourth-order valence-electron chi connectivity index (χ4n) is 4.06. The quantitative estimate of drug-likeness (QED) is 0.343. The van der Waals surface area contributed by atoms with E-state index in [-0.39, 0.29) is 11.4 Å². The van der Waals surface area contributed by atoms with Crippen molar-refractivity contribution in [1.29, 1.82) is 0 Å². The second kappa shape index (κ2) is 8.47. The predicted octanol–water partition coefficient (Wildman–Crippen LogP) is 6.42. The Balaban J connectivity index is 1.51. The number of benzene rings is 2. The number of nitrogens with zero attached hydrogens (tertiary/aromatic N) is 4. The smallest absolute Gasteiger partial charge is 0.270 e. The van der Waals surface area contributed by atoms with Crippen LogP contribution < -0.4 is 0 Å². The summed E-state index contributed by atoms with van der Waals surface area (Å²) in [7, 11) is 0. The molecular weight excluding hydrogens is 448 g/mol. The van der Waals surface area contributed by atoms with Gasteiger partial charge in [0, 0.05) is 11.1 Å². The zero-order valence-corrected chi connectivity index (χ0v) is 20.8. The number of rotatable bonds is 4. The van der Waals surface area contributed by atoms with Crippen LogP contribution in [0.4, 0.5) is 5.69 Å². The van der Waals surface area contributed by atoms with E-state index < -0.39 is 0 Å². The minimum Gasteiger partial charge on any atom is -0.280 e. The van der Waals surface area contributed by atoms with Gasteiger partial charge in [-0.3, -0.25) is 14.4 Å². The van der Waals surface area contributed by atoms with Gasteiger partial charge >= 0.3 is 0 Å². The summed E-state index contributed by atoms with van der Waals surface area (Å²) in [6.07, 6.45) is 0. The topological polar surface area (TPSA) is 50.5 Å². The number of carbonyl (C=O) groups excluding carboxylic acids is 1. The normalized spacial score (nSPS) is 16.7. The summed E-state index contributed by atoms with van der Waals surface area (Å²) >= 11 is 3.16. The average Bonchev–Trinajstić information content (AvgIpc) is 3.44. The van der Waals surface area contributed by atoms with Gasteiger partial charge in [0.15, 0.2) is 5.17 Å². The molecule has 0 radical (unpaired) electrons. The van der Waals surface area contributed by atoms with Crippen LogP contribution in [-0.4, -0.2) is 37.0 Å². The number of para-hydroxylation sites is 1. The maximum atomic E-state index is 13.8. The maximum absolute atomic E-state index is 13.8. The molecule has 4 aromatic rings. The molecule has 1 amide bonds. The Morgan fingerprint density at radius 1 is 1.09 bits per heavy atom. The largest absolute Gasteiger partial charge is 0.280 e. The van der Waals surface area contributed by atoms with Crippen LogP contribution in [0.3, 0.4) is 0 Å². The van der Waals surface area contributed by atoms with Crippen LogP contribution in [0.1, 0.15) is 40.3 Å². The minimum absolute atomic E-state index is 0.00388. The Bertz CT molecular complexity index is 1370. The number of fused-ring (bicyclic) bond motifs is 1. The van der Waals surface area contributed by atoms with Gasteiger partial charge in [-0.05, 0) is 51.0 Å². The number of hydrogen-bond acceptors (Lipinski definition) is 5. The molecule has 2 aromatic carbocycles. The van der Waals surface area contributed by atoms with Crippen LogP contribution in [0, 0.1) is 13.8 Å². The van der Waals surface area contributed by atoms with Gasteiger partial charge < -0.3 is 0 Å². The fraction of sp³-hybridized carbons (Fsp3) is 0.269. The van der Waals surface area contributed by atoms with Gasteiger partial charge in [-0.1, -0.05) is 60.3 Å². The molecule has 33 heavy (non-hydrogen) atoms. The van der Waals surface area contributed by atoms with Crippen LogP contribution in [0.25, 0.3) is 10.2 Å². The molecule has 5 nitrogen and oxygen atoms in total. The van der Waals surface area contributed by atoms with Crippen molar-refractivity contribution < 1.29 is 4.79 Å². The average molecular weight is 475 g/mol. The maximum Gasteiger partial charge on any atom is 0.270 e. The minimum atomic E-state index is -0.315. The van der Waals surface area contributed by atoms with E-state index in [9.17, 15) is 4.79 Å². The van der Waals surface area contributed by atoms with Crippen molar-refractivity contribution in [3.05, 3.63) is 82.4 Å². The number of aliphatic imine (C=N–C) groups is 1. The second-order valence-corrected chi connectivity index (χ2v) is 11.0. The molecule has 1 aliphatic heterocycles. The Labute approximate surface area is 202 Å². The van der Waals surface area contributed by atoms with Crippen molar-refractivity contribution in [3.8, 4) is 0 Å². The SMILES string of the molecule is Cc1ccccc1N=C1SCC(C)(C)N1C(=O)c1cc2c(C)nn(Cc3ccccc3)c2s1. The molecule has 0 bridgehead atoms. The molecule has 0 aliphatic carbocycles. The number of amidine groups is 1. The molecule has 3 heterocycles. The third-order valence-electron chi connectivity index (χ3n) is 5.88. The van der Waals surface area contributed by atoms with Crippen molar-refractivity contribution in [2.75, 3.05) is 5.75 Å². The molecule has 0 saturated carbocycles. The van der Waals surface area contributed by atoms with Crippen LogP contribution in [-0.2, 0) is 6.54 Å². The molecule has 1 aliphatic rings. The van der Waals surface area contributed by atoms with Gasteiger partial charge in [-0.2, -0.15) is 5.10 Å². The van der Waals surface area contributed by atoms with Gasteiger partial charge in [-0.15, -0.1) is 11.3 Å². The molecule has 1 saturated heterocycles. The number of carbonyl (C=O) groups is 1. The molecule has 0 N–H and O–H groups in total. The lowest BCUT2D eigenvalue weighted by atomic mass is 10.1. The Morgan fingerprint density at radius 3 is 2.58 bits per heavy atom. The van der Waals surface area contributed by atoms with Crippen LogP contribution in [0.15, 0.2) is 65.7 Å². The lowest BCUT2D eigenvalue weighted by Crippen LogP contribution is -2.46. The van der Waals surface area contributed by atoms with E-state index in [2.05, 4.69) is 26.0 Å². The van der Waals surface area contributed by atoms with Gasteiger partial charge in [0.1, 0.15) is 4.83 Å². The molecule has 1 fully saturated rings. The summed E-state index contributed by atoms with van der Waals surface area (Å²) in [5.74, 6) is 0.819. The van der Waals surface area contributed by atoms with E-state index >= 15 is 0 Å². The van der Waals surface area contributed by atoms with Gasteiger partial charge in [0.2, 0.25) is 0 Å². The number of aryl methyl sites for hydroxylation is 2. The van der Waals surface area contributed by atoms with Crippen molar-refractivity contribution in [3.63, 3.8) is 0 Å². The third kappa shape index (κ3) is 4.11. The molecule has 7 heteroatoms. The van der Waals surface area contributed by atoms with Crippen LogP contribution in [0.2, 0.25) is 0 Å². The van der Waals surface area contributed by atoms with Crippen LogP contribution >= 0.6 is 23.1 Å². The van der Waals surface area contributed by atoms with E-state index in [1.807, 2.05) is 72.0 Å². The van der Waals surface area contributed by atoms with Crippen molar-refractivity contribution >= 4 is 50.1 Å². The molecule has 5 rings (SSSR count). The summed E-state index contributed by atoms with van der Waals surface area (Å²) in [4.78, 5) is 22.3. The number of hydrogen-bond donors (Lipinski definition) is 0. The lowest BCUT2D eigenvalue weighted by Gasteiger charge is -2.30. The van der Waals surface area contributed by atoms with Gasteiger partial charge in [0.05, 0.1) is 28.3 Å². The highest BCUT2D eigenvalue weighted by Gasteiger charge is 2.42. The monoisotopic (exact) mass is 474 g/mol. The van der Waals surface area contributed by atoms with Crippen molar-refractivity contribution in [2.45, 2.75) is 39.8 Å². The number of thiophene rings is 1. The van der Waals surface area contributed by atoms with Crippen molar-refractivity contribution in [1.82, 2.24) is 14.7 Å².